The Morgan fingerprint density at radius 2 is 1.72 bits per heavy atom. The van der Waals surface area contributed by atoms with Crippen LogP contribution >= 0.6 is 15.9 Å². The number of β-amino-alcohol motifs (C(OH)–C–C–N with tert-alkyl or cyclic N) is 1. The number of hydrogen-bond donors (Lipinski definition) is 2. The minimum Gasteiger partial charge on any atom is -0.390 e. The van der Waals surface area contributed by atoms with Gasteiger partial charge in [0.1, 0.15) is 0 Å². The Balaban J connectivity index is 1.53. The predicted molar refractivity (Wildman–Crippen MR) is 135 cm³/mol. The zero-order chi connectivity index (χ0) is 23.4. The Kier molecular flexibility index (Phi) is 8.11. The summed E-state index contributed by atoms with van der Waals surface area (Å²) in [4.78, 5) is 0. The molecule has 0 aliphatic rings. The zero-order valence-corrected chi connectivity index (χ0v) is 21.2. The molecule has 1 atom stereocenters. The van der Waals surface area contributed by atoms with Crippen molar-refractivity contribution in [2.45, 2.75) is 37.7 Å². The van der Waals surface area contributed by atoms with E-state index in [-0.39, 0.29) is 17.8 Å². The molecular formula is C25H31BrN2O3S. The number of sulfonamides is 1. The fraction of sp³-hybridized carbons (Fsp3) is 0.360. The van der Waals surface area contributed by atoms with Gasteiger partial charge in [0.15, 0.2) is 0 Å². The lowest BCUT2D eigenvalue weighted by atomic mass is 9.93. The summed E-state index contributed by atoms with van der Waals surface area (Å²) in [5.41, 5.74) is 1.66. The molecule has 3 aromatic rings. The quantitative estimate of drug-likeness (QED) is 0.418. The van der Waals surface area contributed by atoms with Crippen molar-refractivity contribution >= 4 is 36.7 Å². The molecule has 0 unspecified atom stereocenters. The monoisotopic (exact) mass is 518 g/mol. The van der Waals surface area contributed by atoms with Gasteiger partial charge in [-0.25, -0.2) is 12.7 Å². The molecule has 0 aliphatic heterocycles. The average Bonchev–Trinajstić information content (AvgIpc) is 2.71. The molecule has 0 aliphatic carbocycles. The smallest absolute Gasteiger partial charge is 0.218 e. The van der Waals surface area contributed by atoms with Gasteiger partial charge < -0.3 is 10.4 Å². The molecule has 0 saturated carbocycles. The summed E-state index contributed by atoms with van der Waals surface area (Å²) in [7, 11) is -2.01. The summed E-state index contributed by atoms with van der Waals surface area (Å²) in [5, 5.41) is 16.3. The van der Waals surface area contributed by atoms with E-state index in [0.717, 1.165) is 10.9 Å². The van der Waals surface area contributed by atoms with E-state index >= 15 is 0 Å². The van der Waals surface area contributed by atoms with Gasteiger partial charge in [0.2, 0.25) is 10.0 Å². The van der Waals surface area contributed by atoms with E-state index in [9.17, 15) is 13.5 Å². The molecule has 0 heterocycles. The molecule has 0 spiro atoms. The summed E-state index contributed by atoms with van der Waals surface area (Å²) < 4.78 is 27.4. The van der Waals surface area contributed by atoms with Gasteiger partial charge in [-0.1, -0.05) is 70.5 Å². The van der Waals surface area contributed by atoms with Crippen LogP contribution in [0, 0.1) is 0 Å². The average molecular weight is 520 g/mol. The summed E-state index contributed by atoms with van der Waals surface area (Å²) in [5.74, 6) is -0.101. The van der Waals surface area contributed by atoms with Gasteiger partial charge in [0.25, 0.3) is 0 Å². The fourth-order valence-corrected chi connectivity index (χ4v) is 5.41. The molecule has 0 aromatic heterocycles. The van der Waals surface area contributed by atoms with Crippen molar-refractivity contribution in [2.75, 3.05) is 20.1 Å². The molecule has 172 valence electrons. The van der Waals surface area contributed by atoms with Gasteiger partial charge >= 0.3 is 0 Å². The summed E-state index contributed by atoms with van der Waals surface area (Å²) in [6, 6.07) is 22.0. The highest BCUT2D eigenvalue weighted by Gasteiger charge is 2.24. The molecule has 7 heteroatoms. The number of aliphatic hydroxyl groups excluding tert-OH is 1. The van der Waals surface area contributed by atoms with Crippen molar-refractivity contribution in [3.8, 4) is 0 Å². The second-order valence-electron chi connectivity index (χ2n) is 8.94. The SMILES string of the molecule is CN(C[C@H](O)CNC(C)(C)Cc1ccc2ccccc2c1)S(=O)(=O)Cc1cccc(Br)c1. The van der Waals surface area contributed by atoms with E-state index < -0.39 is 16.1 Å². The largest absolute Gasteiger partial charge is 0.390 e. The number of nitrogens with one attached hydrogen (secondary N) is 1. The molecule has 2 N–H and O–H groups in total. The summed E-state index contributed by atoms with van der Waals surface area (Å²) in [6.07, 6.45) is -0.0187. The van der Waals surface area contributed by atoms with E-state index in [1.54, 1.807) is 12.1 Å². The molecule has 3 rings (SSSR count). The Hall–Kier alpha value is -1.77. The van der Waals surface area contributed by atoms with Gasteiger partial charge in [-0.15, -0.1) is 0 Å². The van der Waals surface area contributed by atoms with Crippen LogP contribution in [0.4, 0.5) is 0 Å². The topological polar surface area (TPSA) is 69.6 Å². The maximum absolute atomic E-state index is 12.7. The van der Waals surface area contributed by atoms with Crippen LogP contribution in [-0.4, -0.2) is 49.6 Å². The molecule has 0 radical (unpaired) electrons. The molecule has 0 fully saturated rings. The number of nitrogens with zero attached hydrogens (tertiary/aromatic N) is 1. The van der Waals surface area contributed by atoms with Crippen LogP contribution in [0.3, 0.4) is 0 Å². The molecule has 0 saturated heterocycles. The lowest BCUT2D eigenvalue weighted by molar-refractivity contribution is 0.139. The first-order valence-corrected chi connectivity index (χ1v) is 13.0. The van der Waals surface area contributed by atoms with Crippen LogP contribution in [0.1, 0.15) is 25.0 Å². The van der Waals surface area contributed by atoms with Crippen LogP contribution in [0.25, 0.3) is 10.8 Å². The van der Waals surface area contributed by atoms with Crippen molar-refractivity contribution in [1.82, 2.24) is 9.62 Å². The first kappa shape index (κ1) is 24.9. The highest BCUT2D eigenvalue weighted by molar-refractivity contribution is 9.10. The van der Waals surface area contributed by atoms with Gasteiger partial charge in [0.05, 0.1) is 11.9 Å². The number of hydrogen-bond acceptors (Lipinski definition) is 4. The van der Waals surface area contributed by atoms with Crippen LogP contribution in [0.2, 0.25) is 0 Å². The van der Waals surface area contributed by atoms with E-state index in [1.807, 2.05) is 24.3 Å². The normalized spacial score (nSPS) is 13.6. The third-order valence-electron chi connectivity index (χ3n) is 5.46. The minimum atomic E-state index is -3.52. The molecule has 32 heavy (non-hydrogen) atoms. The van der Waals surface area contributed by atoms with Crippen LogP contribution in [0.15, 0.2) is 71.2 Å². The number of likely N-dealkylation sites (N-methyl/N-ethyl adjacent to an activating group) is 1. The maximum Gasteiger partial charge on any atom is 0.218 e. The molecule has 0 bridgehead atoms. The second kappa shape index (κ2) is 10.4. The Bertz CT molecular complexity index is 1160. The zero-order valence-electron chi connectivity index (χ0n) is 18.8. The number of fused-ring (bicyclic) bond motifs is 1. The number of halogens is 1. The van der Waals surface area contributed by atoms with Crippen LogP contribution < -0.4 is 5.32 Å². The lowest BCUT2D eigenvalue weighted by Gasteiger charge is -2.29. The van der Waals surface area contributed by atoms with Crippen molar-refractivity contribution in [1.29, 1.82) is 0 Å². The van der Waals surface area contributed by atoms with E-state index in [1.165, 1.54) is 27.7 Å². The van der Waals surface area contributed by atoms with E-state index in [2.05, 4.69) is 65.4 Å². The van der Waals surface area contributed by atoms with Crippen molar-refractivity contribution in [3.63, 3.8) is 0 Å². The number of benzene rings is 3. The Labute approximate surface area is 199 Å². The first-order valence-electron chi connectivity index (χ1n) is 10.6. The Morgan fingerprint density at radius 1 is 1.00 bits per heavy atom. The maximum atomic E-state index is 12.7. The van der Waals surface area contributed by atoms with Crippen LogP contribution in [-0.2, 0) is 22.2 Å². The molecule has 0 amide bonds. The standard InChI is InChI=1S/C25H31BrN2O3S/c1-25(2,15-19-11-12-21-8-4-5-9-22(21)13-19)27-16-24(29)17-28(3)32(30,31)18-20-7-6-10-23(26)14-20/h4-14,24,27,29H,15-18H2,1-3H3/t24-/m1/s1. The molecular weight excluding hydrogens is 488 g/mol. The third kappa shape index (κ3) is 7.12. The number of rotatable bonds is 10. The van der Waals surface area contributed by atoms with Crippen molar-refractivity contribution in [3.05, 3.63) is 82.3 Å². The molecule has 5 nitrogen and oxygen atoms in total. The molecule has 3 aromatic carbocycles. The van der Waals surface area contributed by atoms with E-state index in [4.69, 9.17) is 0 Å². The highest BCUT2D eigenvalue weighted by Crippen LogP contribution is 2.20. The second-order valence-corrected chi connectivity index (χ2v) is 11.9. The van der Waals surface area contributed by atoms with Crippen molar-refractivity contribution < 1.29 is 13.5 Å². The fourth-order valence-electron chi connectivity index (χ4n) is 3.74. The predicted octanol–water partition coefficient (Wildman–Crippen LogP) is 4.34. The van der Waals surface area contributed by atoms with Gasteiger partial charge in [-0.2, -0.15) is 0 Å². The van der Waals surface area contributed by atoms with Crippen LogP contribution in [0.5, 0.6) is 0 Å². The first-order chi connectivity index (χ1) is 15.0. The number of aliphatic hydroxyl groups is 1. The third-order valence-corrected chi connectivity index (χ3v) is 7.75. The van der Waals surface area contributed by atoms with Gasteiger partial charge in [-0.05, 0) is 54.3 Å². The van der Waals surface area contributed by atoms with Gasteiger partial charge in [-0.3, -0.25) is 0 Å². The minimum absolute atomic E-state index is 0.0371. The Morgan fingerprint density at radius 3 is 2.44 bits per heavy atom. The lowest BCUT2D eigenvalue weighted by Crippen LogP contribution is -2.47. The highest BCUT2D eigenvalue weighted by atomic mass is 79.9. The summed E-state index contributed by atoms with van der Waals surface area (Å²) >= 11 is 3.36. The summed E-state index contributed by atoms with van der Waals surface area (Å²) in [6.45, 7) is 4.51. The van der Waals surface area contributed by atoms with Crippen molar-refractivity contribution in [2.24, 2.45) is 0 Å². The van der Waals surface area contributed by atoms with E-state index in [0.29, 0.717) is 12.1 Å². The van der Waals surface area contributed by atoms with Gasteiger partial charge in [0, 0.05) is 30.1 Å².